The molecule has 0 bridgehead atoms. The second kappa shape index (κ2) is 7.16. The van der Waals surface area contributed by atoms with Crippen molar-refractivity contribution in [3.05, 3.63) is 11.1 Å². The molecule has 0 aliphatic carbocycles. The summed E-state index contributed by atoms with van der Waals surface area (Å²) in [5.41, 5.74) is -0.0933. The van der Waals surface area contributed by atoms with Gasteiger partial charge in [-0.2, -0.15) is 0 Å². The van der Waals surface area contributed by atoms with Crippen LogP contribution < -0.4 is 5.32 Å². The predicted octanol–water partition coefficient (Wildman–Crippen LogP) is 1.32. The molecule has 0 atom stereocenters. The fourth-order valence-electron chi connectivity index (χ4n) is 1.51. The molecule has 0 aromatic carbocycles. The molecule has 0 aliphatic heterocycles. The van der Waals surface area contributed by atoms with Gasteiger partial charge in [0.1, 0.15) is 0 Å². The molecular formula is C13H23NO4. The molecule has 1 amide bonds. The number of carbonyl (C=O) groups is 2. The van der Waals surface area contributed by atoms with Crippen LogP contribution in [0.25, 0.3) is 0 Å². The summed E-state index contributed by atoms with van der Waals surface area (Å²) in [5.74, 6) is -1.49. The lowest BCUT2D eigenvalue weighted by atomic mass is 9.83. The minimum atomic E-state index is -1.10. The van der Waals surface area contributed by atoms with Crippen LogP contribution in [-0.2, 0) is 9.59 Å². The minimum absolute atomic E-state index is 0.000947. The summed E-state index contributed by atoms with van der Waals surface area (Å²) in [6.45, 7) is 7.14. The van der Waals surface area contributed by atoms with Gasteiger partial charge in [-0.1, -0.05) is 13.8 Å². The third-order valence-electron chi connectivity index (χ3n) is 3.68. The van der Waals surface area contributed by atoms with Crippen molar-refractivity contribution in [3.63, 3.8) is 0 Å². The third kappa shape index (κ3) is 4.14. The summed E-state index contributed by atoms with van der Waals surface area (Å²) >= 11 is 0. The van der Waals surface area contributed by atoms with Crippen LogP contribution in [0.3, 0.4) is 0 Å². The van der Waals surface area contributed by atoms with E-state index in [-0.39, 0.29) is 23.2 Å². The Hall–Kier alpha value is -1.36. The lowest BCUT2D eigenvalue weighted by Crippen LogP contribution is -2.40. The number of aliphatic carboxylic acids is 1. The Balaban J connectivity index is 4.70. The van der Waals surface area contributed by atoms with Crippen molar-refractivity contribution in [1.82, 2.24) is 5.32 Å². The van der Waals surface area contributed by atoms with Gasteiger partial charge in [-0.05, 0) is 26.7 Å². The first-order valence-electron chi connectivity index (χ1n) is 6.13. The number of carbonyl (C=O) groups excluding carboxylic acids is 1. The maximum absolute atomic E-state index is 11.8. The third-order valence-corrected chi connectivity index (χ3v) is 3.68. The topological polar surface area (TPSA) is 86.6 Å². The summed E-state index contributed by atoms with van der Waals surface area (Å²) in [6, 6.07) is 0. The highest BCUT2D eigenvalue weighted by Crippen LogP contribution is 2.24. The first kappa shape index (κ1) is 16.6. The Morgan fingerprint density at radius 3 is 1.94 bits per heavy atom. The van der Waals surface area contributed by atoms with Crippen LogP contribution in [0.15, 0.2) is 11.1 Å². The van der Waals surface area contributed by atoms with Crippen LogP contribution in [0.5, 0.6) is 0 Å². The van der Waals surface area contributed by atoms with Gasteiger partial charge in [0.25, 0.3) is 0 Å². The summed E-state index contributed by atoms with van der Waals surface area (Å²) in [4.78, 5) is 22.5. The van der Waals surface area contributed by atoms with E-state index in [1.165, 1.54) is 13.8 Å². The quantitative estimate of drug-likeness (QED) is 0.600. The molecule has 0 aromatic heterocycles. The first-order valence-corrected chi connectivity index (χ1v) is 6.13. The van der Waals surface area contributed by atoms with Gasteiger partial charge in [0, 0.05) is 23.1 Å². The zero-order valence-electron chi connectivity index (χ0n) is 11.5. The van der Waals surface area contributed by atoms with Crippen LogP contribution in [-0.4, -0.2) is 35.2 Å². The number of amides is 1. The monoisotopic (exact) mass is 257 g/mol. The molecule has 5 nitrogen and oxygen atoms in total. The Morgan fingerprint density at radius 2 is 1.61 bits per heavy atom. The highest BCUT2D eigenvalue weighted by molar-refractivity contribution is 6.01. The van der Waals surface area contributed by atoms with Crippen LogP contribution in [0.2, 0.25) is 0 Å². The van der Waals surface area contributed by atoms with E-state index in [2.05, 4.69) is 5.32 Å². The van der Waals surface area contributed by atoms with Crippen LogP contribution in [0, 0.1) is 5.41 Å². The lowest BCUT2D eigenvalue weighted by Gasteiger charge is -2.29. The van der Waals surface area contributed by atoms with Crippen molar-refractivity contribution in [2.45, 2.75) is 40.5 Å². The van der Waals surface area contributed by atoms with Gasteiger partial charge in [0.15, 0.2) is 0 Å². The molecule has 0 rings (SSSR count). The van der Waals surface area contributed by atoms with E-state index in [1.807, 2.05) is 13.8 Å². The average molecular weight is 257 g/mol. The molecule has 0 radical (unpaired) electrons. The fourth-order valence-corrected chi connectivity index (χ4v) is 1.51. The van der Waals surface area contributed by atoms with Gasteiger partial charge in [0.05, 0.1) is 6.61 Å². The van der Waals surface area contributed by atoms with Crippen molar-refractivity contribution in [2.75, 3.05) is 13.2 Å². The number of carboxylic acid groups (broad SMARTS) is 1. The van der Waals surface area contributed by atoms with Gasteiger partial charge in [0.2, 0.25) is 5.91 Å². The zero-order valence-corrected chi connectivity index (χ0v) is 11.5. The number of hydrogen-bond donors (Lipinski definition) is 3. The van der Waals surface area contributed by atoms with Crippen molar-refractivity contribution < 1.29 is 19.8 Å². The van der Waals surface area contributed by atoms with Crippen LogP contribution >= 0.6 is 0 Å². The molecular weight excluding hydrogens is 234 g/mol. The minimum Gasteiger partial charge on any atom is -0.478 e. The van der Waals surface area contributed by atoms with E-state index in [0.717, 1.165) is 12.8 Å². The molecule has 18 heavy (non-hydrogen) atoms. The summed E-state index contributed by atoms with van der Waals surface area (Å²) in [7, 11) is 0. The number of aliphatic hydroxyl groups is 1. The standard InChI is InChI=1S/C13H23NO4/c1-5-13(6-2,8-15)7-14-11(16)9(3)10(4)12(17)18/h15H,5-8H2,1-4H3,(H,14,16)(H,17,18). The van der Waals surface area contributed by atoms with E-state index < -0.39 is 11.9 Å². The van der Waals surface area contributed by atoms with Crippen molar-refractivity contribution in [2.24, 2.45) is 5.41 Å². The molecule has 0 saturated heterocycles. The van der Waals surface area contributed by atoms with Crippen molar-refractivity contribution >= 4 is 11.9 Å². The van der Waals surface area contributed by atoms with Gasteiger partial charge in [-0.3, -0.25) is 4.79 Å². The number of rotatable bonds is 7. The molecule has 0 saturated carbocycles. The van der Waals surface area contributed by atoms with Crippen LogP contribution in [0.1, 0.15) is 40.5 Å². The first-order chi connectivity index (χ1) is 8.33. The van der Waals surface area contributed by atoms with E-state index in [1.54, 1.807) is 0 Å². The van der Waals surface area contributed by atoms with E-state index in [9.17, 15) is 14.7 Å². The predicted molar refractivity (Wildman–Crippen MR) is 69.1 cm³/mol. The molecule has 0 aliphatic rings. The van der Waals surface area contributed by atoms with E-state index in [4.69, 9.17) is 5.11 Å². The second-order valence-electron chi connectivity index (χ2n) is 4.60. The lowest BCUT2D eigenvalue weighted by molar-refractivity contribution is -0.133. The van der Waals surface area contributed by atoms with Crippen molar-refractivity contribution in [1.29, 1.82) is 0 Å². The number of carboxylic acids is 1. The smallest absolute Gasteiger partial charge is 0.331 e. The summed E-state index contributed by atoms with van der Waals surface area (Å²) in [5, 5.41) is 20.8. The van der Waals surface area contributed by atoms with Crippen molar-refractivity contribution in [3.8, 4) is 0 Å². The second-order valence-corrected chi connectivity index (χ2v) is 4.60. The highest BCUT2D eigenvalue weighted by atomic mass is 16.4. The molecule has 104 valence electrons. The Bertz CT molecular complexity index is 335. The molecule has 0 spiro atoms. The Morgan fingerprint density at radius 1 is 1.11 bits per heavy atom. The maximum Gasteiger partial charge on any atom is 0.331 e. The van der Waals surface area contributed by atoms with Gasteiger partial charge in [-0.15, -0.1) is 0 Å². The Kier molecular flexibility index (Phi) is 6.62. The normalized spacial score (nSPS) is 12.9. The SMILES string of the molecule is CCC(CC)(CO)CNC(=O)C(C)=C(C)C(=O)O. The van der Waals surface area contributed by atoms with Gasteiger partial charge >= 0.3 is 5.97 Å². The van der Waals surface area contributed by atoms with E-state index in [0.29, 0.717) is 6.54 Å². The molecule has 0 aromatic rings. The number of nitrogens with one attached hydrogen (secondary N) is 1. The van der Waals surface area contributed by atoms with E-state index >= 15 is 0 Å². The van der Waals surface area contributed by atoms with Gasteiger partial charge < -0.3 is 15.5 Å². The average Bonchev–Trinajstić information content (AvgIpc) is 2.38. The molecule has 0 heterocycles. The summed E-state index contributed by atoms with van der Waals surface area (Å²) in [6.07, 6.45) is 1.50. The molecule has 0 fully saturated rings. The largest absolute Gasteiger partial charge is 0.478 e. The number of aliphatic hydroxyl groups excluding tert-OH is 1. The molecule has 5 heteroatoms. The van der Waals surface area contributed by atoms with Gasteiger partial charge in [-0.25, -0.2) is 4.79 Å². The zero-order chi connectivity index (χ0) is 14.3. The summed E-state index contributed by atoms with van der Waals surface area (Å²) < 4.78 is 0. The Labute approximate surface area is 108 Å². The van der Waals surface area contributed by atoms with Crippen LogP contribution in [0.4, 0.5) is 0 Å². The molecule has 3 N–H and O–H groups in total. The number of hydrogen-bond acceptors (Lipinski definition) is 3. The fraction of sp³-hybridized carbons (Fsp3) is 0.692. The maximum atomic E-state index is 11.8. The highest BCUT2D eigenvalue weighted by Gasteiger charge is 2.26. The molecule has 0 unspecified atom stereocenters.